The summed E-state index contributed by atoms with van der Waals surface area (Å²) < 4.78 is 0. The number of fused-ring (bicyclic) bond motifs is 1. The van der Waals surface area contributed by atoms with Crippen molar-refractivity contribution < 1.29 is 0 Å². The Bertz CT molecular complexity index is 1350. The number of aromatic amines is 2. The van der Waals surface area contributed by atoms with Gasteiger partial charge in [0.05, 0.1) is 11.6 Å². The number of aryl methyl sites for hydroxylation is 1. The number of nitrogens with one attached hydrogen (secondary N) is 3. The molecule has 31 heavy (non-hydrogen) atoms. The number of anilines is 2. The van der Waals surface area contributed by atoms with E-state index in [1.807, 2.05) is 18.3 Å². The highest BCUT2D eigenvalue weighted by atomic mass is 15.1. The number of nitrogen functional groups attached to an aromatic ring is 1. The number of rotatable bonds is 5. The van der Waals surface area contributed by atoms with E-state index in [1.54, 1.807) is 0 Å². The van der Waals surface area contributed by atoms with Gasteiger partial charge < -0.3 is 21.0 Å². The Morgan fingerprint density at radius 2 is 1.81 bits per heavy atom. The molecule has 0 aliphatic carbocycles. The fraction of sp³-hybridized carbons (Fsp3) is 0.120. The maximum Gasteiger partial charge on any atom is 0.139 e. The van der Waals surface area contributed by atoms with Gasteiger partial charge in [-0.2, -0.15) is 0 Å². The van der Waals surface area contributed by atoms with Crippen LogP contribution in [-0.4, -0.2) is 19.9 Å². The molecule has 0 spiro atoms. The molecule has 0 fully saturated rings. The molecule has 1 atom stereocenters. The maximum atomic E-state index is 6.30. The predicted molar refractivity (Wildman–Crippen MR) is 127 cm³/mol. The number of H-pyrrole nitrogens is 2. The van der Waals surface area contributed by atoms with Crippen LogP contribution in [0, 0.1) is 6.92 Å². The number of aromatic nitrogens is 4. The van der Waals surface area contributed by atoms with E-state index in [9.17, 15) is 0 Å². The van der Waals surface area contributed by atoms with Crippen molar-refractivity contribution in [2.75, 3.05) is 11.1 Å². The van der Waals surface area contributed by atoms with E-state index < -0.39 is 0 Å². The predicted octanol–water partition coefficient (Wildman–Crippen LogP) is 5.68. The van der Waals surface area contributed by atoms with Gasteiger partial charge in [-0.3, -0.25) is 0 Å². The fourth-order valence-electron chi connectivity index (χ4n) is 4.08. The van der Waals surface area contributed by atoms with Gasteiger partial charge in [-0.05, 0) is 48.6 Å². The molecule has 2 aromatic carbocycles. The minimum atomic E-state index is -0.0221. The summed E-state index contributed by atoms with van der Waals surface area (Å²) in [6.07, 6.45) is 3.43. The third kappa shape index (κ3) is 3.53. The molecular formula is C25H24N6. The lowest BCUT2D eigenvalue weighted by molar-refractivity contribution is 0.839. The molecule has 6 heteroatoms. The molecule has 5 rings (SSSR count). The standard InChI is InChI=1S/C25H24N6/c1-15-12-20(17-6-4-3-5-7-17)23(30-15)16(2)31-25-22(24(26)28-14-29-25)19-9-8-18-10-11-27-21(18)13-19/h3-14,16,27,30H,1-2H3,(H3,26,28,29,31)/t16-/m0/s1. The van der Waals surface area contributed by atoms with E-state index in [0.717, 1.165) is 33.4 Å². The zero-order chi connectivity index (χ0) is 21.4. The monoisotopic (exact) mass is 408 g/mol. The van der Waals surface area contributed by atoms with Crippen LogP contribution in [0.3, 0.4) is 0 Å². The van der Waals surface area contributed by atoms with Crippen LogP contribution in [0.5, 0.6) is 0 Å². The lowest BCUT2D eigenvalue weighted by atomic mass is 10.0. The largest absolute Gasteiger partial charge is 0.383 e. The van der Waals surface area contributed by atoms with Gasteiger partial charge in [0.25, 0.3) is 0 Å². The first kappa shape index (κ1) is 18.9. The molecule has 0 aliphatic rings. The lowest BCUT2D eigenvalue weighted by Crippen LogP contribution is -2.12. The van der Waals surface area contributed by atoms with Crippen LogP contribution < -0.4 is 11.1 Å². The molecule has 5 N–H and O–H groups in total. The van der Waals surface area contributed by atoms with Gasteiger partial charge in [-0.25, -0.2) is 9.97 Å². The first-order valence-corrected chi connectivity index (χ1v) is 10.3. The third-order valence-corrected chi connectivity index (χ3v) is 5.57. The Balaban J connectivity index is 1.54. The number of benzene rings is 2. The molecule has 0 bridgehead atoms. The van der Waals surface area contributed by atoms with Crippen molar-refractivity contribution >= 4 is 22.5 Å². The summed E-state index contributed by atoms with van der Waals surface area (Å²) in [6.45, 7) is 4.19. The van der Waals surface area contributed by atoms with Crippen molar-refractivity contribution in [2.24, 2.45) is 0 Å². The molecular weight excluding hydrogens is 384 g/mol. The first-order valence-electron chi connectivity index (χ1n) is 10.3. The van der Waals surface area contributed by atoms with Gasteiger partial charge in [0.1, 0.15) is 18.0 Å². The second-order valence-electron chi connectivity index (χ2n) is 7.77. The quantitative estimate of drug-likeness (QED) is 0.301. The van der Waals surface area contributed by atoms with E-state index in [-0.39, 0.29) is 6.04 Å². The summed E-state index contributed by atoms with van der Waals surface area (Å²) in [5, 5.41) is 4.71. The van der Waals surface area contributed by atoms with Gasteiger partial charge in [0, 0.05) is 28.7 Å². The van der Waals surface area contributed by atoms with Crippen molar-refractivity contribution in [2.45, 2.75) is 19.9 Å². The van der Waals surface area contributed by atoms with Gasteiger partial charge in [-0.1, -0.05) is 42.5 Å². The van der Waals surface area contributed by atoms with E-state index in [2.05, 4.69) is 87.6 Å². The highest BCUT2D eigenvalue weighted by molar-refractivity contribution is 5.90. The Kier molecular flexibility index (Phi) is 4.67. The second kappa shape index (κ2) is 7.65. The molecule has 6 nitrogen and oxygen atoms in total. The van der Waals surface area contributed by atoms with Crippen LogP contribution in [0.25, 0.3) is 33.2 Å². The SMILES string of the molecule is Cc1cc(-c2ccccc2)c([C@H](C)Nc2ncnc(N)c2-c2ccc3cc[nH]c3c2)[nH]1. The molecule has 154 valence electrons. The van der Waals surface area contributed by atoms with E-state index >= 15 is 0 Å². The van der Waals surface area contributed by atoms with Crippen LogP contribution in [0.2, 0.25) is 0 Å². The Hall–Kier alpha value is -4.06. The highest BCUT2D eigenvalue weighted by Crippen LogP contribution is 2.36. The van der Waals surface area contributed by atoms with Crippen molar-refractivity contribution in [3.8, 4) is 22.3 Å². The van der Waals surface area contributed by atoms with E-state index in [4.69, 9.17) is 5.73 Å². The molecule has 0 radical (unpaired) electrons. The van der Waals surface area contributed by atoms with Gasteiger partial charge >= 0.3 is 0 Å². The summed E-state index contributed by atoms with van der Waals surface area (Å²) in [6, 6.07) is 20.8. The summed E-state index contributed by atoms with van der Waals surface area (Å²) in [5.41, 5.74) is 13.7. The van der Waals surface area contributed by atoms with Crippen molar-refractivity contribution in [3.05, 3.63) is 84.6 Å². The normalized spacial score (nSPS) is 12.2. The highest BCUT2D eigenvalue weighted by Gasteiger charge is 2.19. The third-order valence-electron chi connectivity index (χ3n) is 5.57. The molecule has 3 heterocycles. The number of hydrogen-bond acceptors (Lipinski definition) is 4. The minimum Gasteiger partial charge on any atom is -0.383 e. The molecule has 0 saturated heterocycles. The zero-order valence-electron chi connectivity index (χ0n) is 17.5. The van der Waals surface area contributed by atoms with Crippen molar-refractivity contribution in [3.63, 3.8) is 0 Å². The summed E-state index contributed by atoms with van der Waals surface area (Å²) in [5.74, 6) is 1.15. The summed E-state index contributed by atoms with van der Waals surface area (Å²) in [7, 11) is 0. The molecule has 5 aromatic rings. The van der Waals surface area contributed by atoms with Crippen LogP contribution in [0.15, 0.2) is 73.2 Å². The van der Waals surface area contributed by atoms with Crippen molar-refractivity contribution in [1.29, 1.82) is 0 Å². The molecule has 0 unspecified atom stereocenters. The number of nitrogens with zero attached hydrogens (tertiary/aromatic N) is 2. The zero-order valence-corrected chi connectivity index (χ0v) is 17.5. The minimum absolute atomic E-state index is 0.0221. The molecule has 0 aliphatic heterocycles. The topological polar surface area (TPSA) is 95.4 Å². The van der Waals surface area contributed by atoms with E-state index in [1.165, 1.54) is 17.5 Å². The summed E-state index contributed by atoms with van der Waals surface area (Å²) >= 11 is 0. The van der Waals surface area contributed by atoms with Crippen LogP contribution in [0.4, 0.5) is 11.6 Å². The summed E-state index contributed by atoms with van der Waals surface area (Å²) in [4.78, 5) is 15.5. The Labute approximate surface area is 180 Å². The fourth-order valence-corrected chi connectivity index (χ4v) is 4.08. The maximum absolute atomic E-state index is 6.30. The average molecular weight is 409 g/mol. The second-order valence-corrected chi connectivity index (χ2v) is 7.77. The smallest absolute Gasteiger partial charge is 0.139 e. The molecule has 0 saturated carbocycles. The Morgan fingerprint density at radius 3 is 2.65 bits per heavy atom. The Morgan fingerprint density at radius 1 is 0.968 bits per heavy atom. The molecule has 3 aromatic heterocycles. The number of nitrogens with two attached hydrogens (primary N) is 1. The molecule has 0 amide bonds. The lowest BCUT2D eigenvalue weighted by Gasteiger charge is -2.19. The van der Waals surface area contributed by atoms with Gasteiger partial charge in [0.15, 0.2) is 0 Å². The van der Waals surface area contributed by atoms with Crippen LogP contribution in [0.1, 0.15) is 24.4 Å². The number of hydrogen-bond donors (Lipinski definition) is 4. The van der Waals surface area contributed by atoms with Crippen LogP contribution in [-0.2, 0) is 0 Å². The average Bonchev–Trinajstić information content (AvgIpc) is 3.40. The van der Waals surface area contributed by atoms with Gasteiger partial charge in [0.2, 0.25) is 0 Å². The van der Waals surface area contributed by atoms with E-state index in [0.29, 0.717) is 11.6 Å². The van der Waals surface area contributed by atoms with Crippen LogP contribution >= 0.6 is 0 Å². The first-order chi connectivity index (χ1) is 15.1. The van der Waals surface area contributed by atoms with Gasteiger partial charge in [-0.15, -0.1) is 0 Å². The van der Waals surface area contributed by atoms with Crippen molar-refractivity contribution in [1.82, 2.24) is 19.9 Å².